The average molecular weight is 487 g/mol. The molecule has 4 rings (SSSR count). The molecule has 4 aromatic rings. The van der Waals surface area contributed by atoms with E-state index in [9.17, 15) is 13.2 Å². The summed E-state index contributed by atoms with van der Waals surface area (Å²) in [5, 5.41) is 1.27. The van der Waals surface area contributed by atoms with Crippen molar-refractivity contribution in [3.8, 4) is 11.8 Å². The molecule has 0 nitrogen and oxygen atoms in total. The summed E-state index contributed by atoms with van der Waals surface area (Å²) in [6.07, 6.45) is 3.69. The molecule has 0 spiro atoms. The summed E-state index contributed by atoms with van der Waals surface area (Å²) in [6.45, 7) is 2.03. The Labute approximate surface area is 209 Å². The number of fused-ring (bicyclic) bond motifs is 1. The van der Waals surface area contributed by atoms with Crippen molar-refractivity contribution in [1.82, 2.24) is 0 Å². The number of rotatable bonds is 6. The Morgan fingerprint density at radius 2 is 1.36 bits per heavy atom. The van der Waals surface area contributed by atoms with E-state index in [0.717, 1.165) is 48.8 Å². The standard InChI is InChI=1S/C32H26F4/c1-2-3-4-5-23-6-8-24(9-7-23)10-11-26-15-21-30-28(22-26)18-17-27(31(30)33)16-12-25-13-19-29(20-14-25)32(34,35)36/h2-3,6-9,13-15,17-22H,4-5,10-11H2,1H3/b3-2+. The number of halogens is 4. The molecule has 4 heteroatoms. The Morgan fingerprint density at radius 1 is 0.722 bits per heavy atom. The molecule has 0 N–H and O–H groups in total. The van der Waals surface area contributed by atoms with Gasteiger partial charge in [-0.1, -0.05) is 72.5 Å². The van der Waals surface area contributed by atoms with Crippen LogP contribution in [0.4, 0.5) is 17.6 Å². The predicted molar refractivity (Wildman–Crippen MR) is 138 cm³/mol. The lowest BCUT2D eigenvalue weighted by Gasteiger charge is -2.07. The fourth-order valence-corrected chi connectivity index (χ4v) is 4.05. The van der Waals surface area contributed by atoms with E-state index in [1.54, 1.807) is 12.1 Å². The minimum atomic E-state index is -4.40. The van der Waals surface area contributed by atoms with Gasteiger partial charge in [0.2, 0.25) is 0 Å². The van der Waals surface area contributed by atoms with Crippen LogP contribution >= 0.6 is 0 Å². The van der Waals surface area contributed by atoms with Crippen LogP contribution < -0.4 is 0 Å². The number of allylic oxidation sites excluding steroid dienone is 2. The summed E-state index contributed by atoms with van der Waals surface area (Å²) in [7, 11) is 0. The number of hydrogen-bond donors (Lipinski definition) is 0. The highest BCUT2D eigenvalue weighted by molar-refractivity contribution is 5.85. The fraction of sp³-hybridized carbons (Fsp3) is 0.188. The summed E-state index contributed by atoms with van der Waals surface area (Å²) in [5.41, 5.74) is 3.59. The molecular weight excluding hydrogens is 460 g/mol. The maximum Gasteiger partial charge on any atom is 0.416 e. The minimum absolute atomic E-state index is 0.213. The van der Waals surface area contributed by atoms with Crippen molar-refractivity contribution < 1.29 is 17.6 Å². The molecule has 36 heavy (non-hydrogen) atoms. The number of benzene rings is 4. The van der Waals surface area contributed by atoms with Crippen molar-refractivity contribution >= 4 is 10.8 Å². The molecule has 0 aliphatic heterocycles. The van der Waals surface area contributed by atoms with E-state index in [1.165, 1.54) is 23.3 Å². The van der Waals surface area contributed by atoms with Gasteiger partial charge in [-0.25, -0.2) is 4.39 Å². The molecule has 0 amide bonds. The Morgan fingerprint density at radius 3 is 2.03 bits per heavy atom. The lowest BCUT2D eigenvalue weighted by Crippen LogP contribution is -2.04. The zero-order chi connectivity index (χ0) is 25.5. The second-order valence-electron chi connectivity index (χ2n) is 8.73. The van der Waals surface area contributed by atoms with Crippen LogP contribution in [0.15, 0.2) is 91.0 Å². The Hall–Kier alpha value is -3.84. The summed E-state index contributed by atoms with van der Waals surface area (Å²) in [4.78, 5) is 0. The summed E-state index contributed by atoms with van der Waals surface area (Å²) >= 11 is 0. The maximum absolute atomic E-state index is 15.1. The first-order valence-electron chi connectivity index (χ1n) is 11.9. The quantitative estimate of drug-likeness (QED) is 0.145. The van der Waals surface area contributed by atoms with E-state index >= 15 is 4.39 Å². The first-order valence-corrected chi connectivity index (χ1v) is 11.9. The van der Waals surface area contributed by atoms with E-state index in [0.29, 0.717) is 10.9 Å². The molecule has 182 valence electrons. The van der Waals surface area contributed by atoms with Crippen LogP contribution in [-0.4, -0.2) is 0 Å². The second-order valence-corrected chi connectivity index (χ2v) is 8.73. The molecule has 0 fully saturated rings. The van der Waals surface area contributed by atoms with Crippen molar-refractivity contribution in [3.63, 3.8) is 0 Å². The van der Waals surface area contributed by atoms with E-state index in [4.69, 9.17) is 0 Å². The topological polar surface area (TPSA) is 0 Å². The van der Waals surface area contributed by atoms with Gasteiger partial charge in [0, 0.05) is 10.9 Å². The van der Waals surface area contributed by atoms with Crippen LogP contribution in [-0.2, 0) is 25.4 Å². The SMILES string of the molecule is C/C=C/CCc1ccc(CCc2ccc3c(F)c(C#Cc4ccc(C(F)(F)F)cc4)ccc3c2)cc1. The van der Waals surface area contributed by atoms with Crippen molar-refractivity contribution in [3.05, 3.63) is 130 Å². The van der Waals surface area contributed by atoms with Crippen molar-refractivity contribution in [1.29, 1.82) is 0 Å². The van der Waals surface area contributed by atoms with Gasteiger partial charge in [0.05, 0.1) is 11.1 Å². The highest BCUT2D eigenvalue weighted by Crippen LogP contribution is 2.29. The molecule has 0 saturated carbocycles. The monoisotopic (exact) mass is 486 g/mol. The van der Waals surface area contributed by atoms with Crippen LogP contribution in [0.5, 0.6) is 0 Å². The van der Waals surface area contributed by atoms with Crippen molar-refractivity contribution in [2.45, 2.75) is 38.8 Å². The third-order valence-electron chi connectivity index (χ3n) is 6.13. The molecule has 0 aliphatic carbocycles. The molecule has 0 unspecified atom stereocenters. The minimum Gasteiger partial charge on any atom is -0.205 e. The van der Waals surface area contributed by atoms with Gasteiger partial charge in [-0.3, -0.25) is 0 Å². The third kappa shape index (κ3) is 6.43. The van der Waals surface area contributed by atoms with Gasteiger partial charge in [0.15, 0.2) is 0 Å². The highest BCUT2D eigenvalue weighted by atomic mass is 19.4. The molecule has 0 aromatic heterocycles. The Kier molecular flexibility index (Phi) is 7.90. The van der Waals surface area contributed by atoms with E-state index in [-0.39, 0.29) is 5.56 Å². The van der Waals surface area contributed by atoms with Gasteiger partial charge in [-0.15, -0.1) is 0 Å². The average Bonchev–Trinajstić information content (AvgIpc) is 2.88. The van der Waals surface area contributed by atoms with E-state index in [1.807, 2.05) is 25.1 Å². The first kappa shape index (κ1) is 25.3. The lowest BCUT2D eigenvalue weighted by atomic mass is 9.98. The zero-order valence-electron chi connectivity index (χ0n) is 20.0. The smallest absolute Gasteiger partial charge is 0.205 e. The third-order valence-corrected chi connectivity index (χ3v) is 6.13. The highest BCUT2D eigenvalue weighted by Gasteiger charge is 2.29. The summed E-state index contributed by atoms with van der Waals surface area (Å²) in [5.74, 6) is 5.08. The molecule has 0 bridgehead atoms. The van der Waals surface area contributed by atoms with Crippen LogP contribution in [0.25, 0.3) is 10.8 Å². The molecule has 0 aliphatic rings. The van der Waals surface area contributed by atoms with Gasteiger partial charge in [0.25, 0.3) is 0 Å². The summed E-state index contributed by atoms with van der Waals surface area (Å²) in [6, 6.07) is 22.4. The molecule has 0 heterocycles. The van der Waals surface area contributed by atoms with Crippen LogP contribution in [0.3, 0.4) is 0 Å². The summed E-state index contributed by atoms with van der Waals surface area (Å²) < 4.78 is 53.2. The Bertz CT molecular complexity index is 1410. The van der Waals surface area contributed by atoms with E-state index < -0.39 is 17.6 Å². The predicted octanol–water partition coefficient (Wildman–Crippen LogP) is 8.69. The number of alkyl halides is 3. The molecule has 4 aromatic carbocycles. The first-order chi connectivity index (χ1) is 17.3. The van der Waals surface area contributed by atoms with E-state index in [2.05, 4.69) is 48.3 Å². The van der Waals surface area contributed by atoms with Gasteiger partial charge in [-0.05, 0) is 85.0 Å². The molecule has 0 atom stereocenters. The number of hydrogen-bond acceptors (Lipinski definition) is 0. The van der Waals surface area contributed by atoms with Gasteiger partial charge >= 0.3 is 6.18 Å². The lowest BCUT2D eigenvalue weighted by molar-refractivity contribution is -0.137. The zero-order valence-corrected chi connectivity index (χ0v) is 20.0. The Balaban J connectivity index is 1.44. The van der Waals surface area contributed by atoms with Crippen LogP contribution in [0, 0.1) is 17.7 Å². The maximum atomic E-state index is 15.1. The normalized spacial score (nSPS) is 11.6. The van der Waals surface area contributed by atoms with Gasteiger partial charge < -0.3 is 0 Å². The molecule has 0 saturated heterocycles. The van der Waals surface area contributed by atoms with Crippen LogP contribution in [0.2, 0.25) is 0 Å². The van der Waals surface area contributed by atoms with Crippen LogP contribution in [0.1, 0.15) is 46.7 Å². The number of aryl methyl sites for hydroxylation is 3. The molecule has 0 radical (unpaired) electrons. The van der Waals surface area contributed by atoms with Gasteiger partial charge in [0.1, 0.15) is 5.82 Å². The second kappa shape index (κ2) is 11.3. The molecular formula is C32H26F4. The van der Waals surface area contributed by atoms with Crippen molar-refractivity contribution in [2.24, 2.45) is 0 Å². The fourth-order valence-electron chi connectivity index (χ4n) is 4.05. The van der Waals surface area contributed by atoms with Gasteiger partial charge in [-0.2, -0.15) is 13.2 Å². The largest absolute Gasteiger partial charge is 0.416 e. The van der Waals surface area contributed by atoms with Crippen molar-refractivity contribution in [2.75, 3.05) is 0 Å².